The zero-order chi connectivity index (χ0) is 14.4. The lowest BCUT2D eigenvalue weighted by Gasteiger charge is -2.06. The van der Waals surface area contributed by atoms with Gasteiger partial charge in [-0.3, -0.25) is 4.57 Å². The van der Waals surface area contributed by atoms with Crippen LogP contribution in [0.2, 0.25) is 0 Å². The van der Waals surface area contributed by atoms with Gasteiger partial charge in [-0.2, -0.15) is 5.10 Å². The number of hydrogen-bond donors (Lipinski definition) is 1. The summed E-state index contributed by atoms with van der Waals surface area (Å²) in [5.74, 6) is -0.269. The minimum absolute atomic E-state index is 0.269. The highest BCUT2D eigenvalue weighted by atomic mass is 32.1. The fourth-order valence-electron chi connectivity index (χ4n) is 2.55. The standard InChI is InChI=1S/C14H15FN4S/c1-4-11-12-13(18(3)17-11)19(14(20)16-12)10-6-8(2)5-9(15)7-10/h5-7H,4H2,1-3H3,(H,16,20). The molecular formula is C14H15FN4S. The summed E-state index contributed by atoms with van der Waals surface area (Å²) >= 11 is 5.39. The molecule has 0 atom stereocenters. The molecule has 0 saturated carbocycles. The van der Waals surface area contributed by atoms with Crippen molar-refractivity contribution in [1.29, 1.82) is 0 Å². The largest absolute Gasteiger partial charge is 0.327 e. The number of fused-ring (bicyclic) bond motifs is 1. The molecule has 0 radical (unpaired) electrons. The lowest BCUT2D eigenvalue weighted by atomic mass is 10.2. The number of aromatic amines is 1. The van der Waals surface area contributed by atoms with Crippen LogP contribution in [0.15, 0.2) is 18.2 Å². The maximum Gasteiger partial charge on any atom is 0.184 e. The van der Waals surface area contributed by atoms with E-state index in [9.17, 15) is 4.39 Å². The van der Waals surface area contributed by atoms with Gasteiger partial charge in [0.05, 0.1) is 11.4 Å². The molecule has 0 saturated heterocycles. The topological polar surface area (TPSA) is 38.5 Å². The zero-order valence-electron chi connectivity index (χ0n) is 11.6. The molecule has 0 aliphatic rings. The number of imidazole rings is 1. The summed E-state index contributed by atoms with van der Waals surface area (Å²) in [5, 5.41) is 4.46. The van der Waals surface area contributed by atoms with Crippen LogP contribution in [0, 0.1) is 17.5 Å². The van der Waals surface area contributed by atoms with Crippen molar-refractivity contribution < 1.29 is 4.39 Å². The number of nitrogens with zero attached hydrogens (tertiary/aromatic N) is 3. The van der Waals surface area contributed by atoms with Crippen LogP contribution in [-0.4, -0.2) is 19.3 Å². The first-order valence-electron chi connectivity index (χ1n) is 6.45. The Labute approximate surface area is 120 Å². The van der Waals surface area contributed by atoms with Crippen LogP contribution in [0.25, 0.3) is 16.9 Å². The number of aromatic nitrogens is 4. The summed E-state index contributed by atoms with van der Waals surface area (Å²) in [6.07, 6.45) is 0.814. The molecule has 2 heterocycles. The number of H-pyrrole nitrogens is 1. The number of aryl methyl sites for hydroxylation is 3. The molecule has 6 heteroatoms. The van der Waals surface area contributed by atoms with E-state index in [1.165, 1.54) is 12.1 Å². The van der Waals surface area contributed by atoms with Crippen molar-refractivity contribution in [2.45, 2.75) is 20.3 Å². The van der Waals surface area contributed by atoms with Gasteiger partial charge in [0.1, 0.15) is 11.3 Å². The Morgan fingerprint density at radius 1 is 1.35 bits per heavy atom. The number of hydrogen-bond acceptors (Lipinski definition) is 2. The van der Waals surface area contributed by atoms with Gasteiger partial charge in [0.25, 0.3) is 0 Å². The first-order chi connectivity index (χ1) is 9.51. The molecule has 0 spiro atoms. The van der Waals surface area contributed by atoms with Crippen LogP contribution in [-0.2, 0) is 13.5 Å². The summed E-state index contributed by atoms with van der Waals surface area (Å²) in [7, 11) is 1.87. The van der Waals surface area contributed by atoms with Crippen LogP contribution >= 0.6 is 12.2 Å². The molecule has 1 aromatic carbocycles. The molecule has 4 nitrogen and oxygen atoms in total. The summed E-state index contributed by atoms with van der Waals surface area (Å²) in [4.78, 5) is 3.18. The maximum atomic E-state index is 13.6. The Morgan fingerprint density at radius 2 is 2.10 bits per heavy atom. The van der Waals surface area contributed by atoms with E-state index in [-0.39, 0.29) is 5.82 Å². The van der Waals surface area contributed by atoms with Crippen molar-refractivity contribution in [1.82, 2.24) is 19.3 Å². The molecule has 0 fully saturated rings. The van der Waals surface area contributed by atoms with E-state index in [0.717, 1.165) is 28.8 Å². The Balaban J connectivity index is 2.38. The van der Waals surface area contributed by atoms with Gasteiger partial charge in [0.2, 0.25) is 0 Å². The quantitative estimate of drug-likeness (QED) is 0.734. The third-order valence-corrected chi connectivity index (χ3v) is 3.64. The van der Waals surface area contributed by atoms with Crippen LogP contribution < -0.4 is 0 Å². The highest BCUT2D eigenvalue weighted by Gasteiger charge is 2.15. The normalized spacial score (nSPS) is 11.4. The predicted molar refractivity (Wildman–Crippen MR) is 79.3 cm³/mol. The average molecular weight is 290 g/mol. The molecule has 0 unspecified atom stereocenters. The molecule has 0 aliphatic heterocycles. The number of halogens is 1. The van der Waals surface area contributed by atoms with Crippen molar-refractivity contribution in [2.75, 3.05) is 0 Å². The lowest BCUT2D eigenvalue weighted by Crippen LogP contribution is -2.01. The lowest BCUT2D eigenvalue weighted by molar-refractivity contribution is 0.625. The SMILES string of the molecule is CCc1nn(C)c2c1[nH]c(=S)n2-c1cc(C)cc(F)c1. The monoisotopic (exact) mass is 290 g/mol. The third kappa shape index (κ3) is 1.87. The predicted octanol–water partition coefficient (Wildman–Crippen LogP) is 3.43. The summed E-state index contributed by atoms with van der Waals surface area (Å²) < 4.78 is 17.8. The Bertz CT molecular complexity index is 836. The van der Waals surface area contributed by atoms with E-state index in [1.54, 1.807) is 4.68 Å². The molecule has 20 heavy (non-hydrogen) atoms. The second-order valence-electron chi connectivity index (χ2n) is 4.87. The average Bonchev–Trinajstić information content (AvgIpc) is 2.85. The van der Waals surface area contributed by atoms with Crippen LogP contribution in [0.5, 0.6) is 0 Å². The van der Waals surface area contributed by atoms with E-state index < -0.39 is 0 Å². The second kappa shape index (κ2) is 4.56. The number of benzene rings is 1. The van der Waals surface area contributed by atoms with Gasteiger partial charge in [0, 0.05) is 7.05 Å². The smallest absolute Gasteiger partial charge is 0.184 e. The van der Waals surface area contributed by atoms with Gasteiger partial charge < -0.3 is 4.98 Å². The van der Waals surface area contributed by atoms with Crippen LogP contribution in [0.1, 0.15) is 18.2 Å². The van der Waals surface area contributed by atoms with Crippen LogP contribution in [0.4, 0.5) is 4.39 Å². The minimum atomic E-state index is -0.269. The highest BCUT2D eigenvalue weighted by molar-refractivity contribution is 7.71. The summed E-state index contributed by atoms with van der Waals surface area (Å²) in [5.41, 5.74) is 4.30. The Hall–Kier alpha value is -1.95. The van der Waals surface area contributed by atoms with E-state index in [0.29, 0.717) is 10.5 Å². The van der Waals surface area contributed by atoms with E-state index in [2.05, 4.69) is 10.1 Å². The van der Waals surface area contributed by atoms with Gasteiger partial charge in [-0.05, 0) is 49.3 Å². The number of rotatable bonds is 2. The first-order valence-corrected chi connectivity index (χ1v) is 6.86. The van der Waals surface area contributed by atoms with E-state index in [1.807, 2.05) is 31.5 Å². The molecule has 0 bridgehead atoms. The third-order valence-electron chi connectivity index (χ3n) is 3.36. The van der Waals surface area contributed by atoms with Crippen molar-refractivity contribution in [3.05, 3.63) is 40.0 Å². The molecular weight excluding hydrogens is 275 g/mol. The molecule has 0 amide bonds. The van der Waals surface area contributed by atoms with Crippen molar-refractivity contribution in [2.24, 2.45) is 7.05 Å². The van der Waals surface area contributed by atoms with Crippen molar-refractivity contribution in [3.63, 3.8) is 0 Å². The zero-order valence-corrected chi connectivity index (χ0v) is 12.4. The molecule has 104 valence electrons. The summed E-state index contributed by atoms with van der Waals surface area (Å²) in [6.45, 7) is 3.91. The fraction of sp³-hybridized carbons (Fsp3) is 0.286. The van der Waals surface area contributed by atoms with Gasteiger partial charge in [-0.15, -0.1) is 0 Å². The molecule has 3 aromatic rings. The molecule has 2 aromatic heterocycles. The Kier molecular flexibility index (Phi) is 2.97. The van der Waals surface area contributed by atoms with E-state index in [4.69, 9.17) is 12.2 Å². The van der Waals surface area contributed by atoms with Crippen LogP contribution in [0.3, 0.4) is 0 Å². The first kappa shape index (κ1) is 13.1. The maximum absolute atomic E-state index is 13.6. The van der Waals surface area contributed by atoms with Gasteiger partial charge >= 0.3 is 0 Å². The highest BCUT2D eigenvalue weighted by Crippen LogP contribution is 2.23. The minimum Gasteiger partial charge on any atom is -0.327 e. The van der Waals surface area contributed by atoms with E-state index >= 15 is 0 Å². The van der Waals surface area contributed by atoms with Crippen molar-refractivity contribution in [3.8, 4) is 5.69 Å². The van der Waals surface area contributed by atoms with Gasteiger partial charge in [-0.25, -0.2) is 9.07 Å². The molecule has 0 aliphatic carbocycles. The fourth-order valence-corrected chi connectivity index (χ4v) is 2.84. The van der Waals surface area contributed by atoms with Gasteiger partial charge in [-0.1, -0.05) is 6.92 Å². The second-order valence-corrected chi connectivity index (χ2v) is 5.26. The molecule has 3 rings (SSSR count). The Morgan fingerprint density at radius 3 is 2.75 bits per heavy atom. The summed E-state index contributed by atoms with van der Waals surface area (Å²) in [6, 6.07) is 4.89. The molecule has 1 N–H and O–H groups in total. The number of nitrogens with one attached hydrogen (secondary N) is 1. The van der Waals surface area contributed by atoms with Gasteiger partial charge in [0.15, 0.2) is 10.4 Å². The van der Waals surface area contributed by atoms with Crippen molar-refractivity contribution >= 4 is 23.4 Å².